The third-order valence-electron chi connectivity index (χ3n) is 4.24. The van der Waals surface area contributed by atoms with Crippen molar-refractivity contribution in [3.63, 3.8) is 0 Å². The molecular formula is C20H26N4O2. The van der Waals surface area contributed by atoms with Crippen LogP contribution in [0.3, 0.4) is 0 Å². The van der Waals surface area contributed by atoms with E-state index in [0.717, 1.165) is 35.4 Å². The first-order valence-electron chi connectivity index (χ1n) is 8.92. The van der Waals surface area contributed by atoms with Crippen LogP contribution in [0.25, 0.3) is 0 Å². The Kier molecular flexibility index (Phi) is 6.30. The average Bonchev–Trinajstić information content (AvgIpc) is 3.52. The highest BCUT2D eigenvalue weighted by atomic mass is 16.5. The largest absolute Gasteiger partial charge is 0.497 e. The van der Waals surface area contributed by atoms with E-state index in [2.05, 4.69) is 20.6 Å². The Labute approximate surface area is 154 Å². The molecule has 0 aliphatic heterocycles. The summed E-state index contributed by atoms with van der Waals surface area (Å²) in [4.78, 5) is 8.61. The molecule has 0 unspecified atom stereocenters. The van der Waals surface area contributed by atoms with E-state index in [-0.39, 0.29) is 0 Å². The standard InChI is InChI=1S/C20H26N4O2/c1-21-20(23-11-16-4-3-5-18(10-16)25-2)24-13-17-8-9-19(22-12-17)26-14-15-6-7-15/h3-5,8-10,12,15H,6-7,11,13-14H2,1-2H3,(H2,21,23,24). The number of guanidine groups is 1. The first kappa shape index (κ1) is 18.0. The monoisotopic (exact) mass is 354 g/mol. The SMILES string of the molecule is CN=C(NCc1ccc(OCC2CC2)nc1)NCc1cccc(OC)c1. The molecule has 0 spiro atoms. The van der Waals surface area contributed by atoms with Gasteiger partial charge in [-0.05, 0) is 42.0 Å². The lowest BCUT2D eigenvalue weighted by Crippen LogP contribution is -2.36. The van der Waals surface area contributed by atoms with Crippen LogP contribution < -0.4 is 20.1 Å². The summed E-state index contributed by atoms with van der Waals surface area (Å²) in [6, 6.07) is 11.9. The lowest BCUT2D eigenvalue weighted by molar-refractivity contribution is 0.288. The molecule has 0 atom stereocenters. The first-order valence-corrected chi connectivity index (χ1v) is 8.92. The molecule has 1 heterocycles. The number of methoxy groups -OCH3 is 1. The van der Waals surface area contributed by atoms with Gasteiger partial charge in [0.1, 0.15) is 5.75 Å². The third-order valence-corrected chi connectivity index (χ3v) is 4.24. The molecule has 0 radical (unpaired) electrons. The Morgan fingerprint density at radius 2 is 1.96 bits per heavy atom. The van der Waals surface area contributed by atoms with Gasteiger partial charge in [0.2, 0.25) is 5.88 Å². The summed E-state index contributed by atoms with van der Waals surface area (Å²) in [5.74, 6) is 3.02. The van der Waals surface area contributed by atoms with Crippen LogP contribution in [0.2, 0.25) is 0 Å². The van der Waals surface area contributed by atoms with E-state index >= 15 is 0 Å². The third kappa shape index (κ3) is 5.65. The number of rotatable bonds is 8. The minimum Gasteiger partial charge on any atom is -0.497 e. The maximum Gasteiger partial charge on any atom is 0.213 e. The van der Waals surface area contributed by atoms with Crippen LogP contribution in [0.15, 0.2) is 47.6 Å². The molecule has 0 amide bonds. The normalized spacial score (nSPS) is 14.0. The highest BCUT2D eigenvalue weighted by Gasteiger charge is 2.21. The molecule has 1 saturated carbocycles. The van der Waals surface area contributed by atoms with Gasteiger partial charge in [-0.25, -0.2) is 4.98 Å². The van der Waals surface area contributed by atoms with Gasteiger partial charge in [-0.2, -0.15) is 0 Å². The number of pyridine rings is 1. The van der Waals surface area contributed by atoms with E-state index in [4.69, 9.17) is 9.47 Å². The number of hydrogen-bond acceptors (Lipinski definition) is 4. The topological polar surface area (TPSA) is 67.8 Å². The predicted molar refractivity (Wildman–Crippen MR) is 102 cm³/mol. The Morgan fingerprint density at radius 1 is 1.15 bits per heavy atom. The van der Waals surface area contributed by atoms with Gasteiger partial charge in [-0.15, -0.1) is 0 Å². The Bertz CT molecular complexity index is 727. The Morgan fingerprint density at radius 3 is 2.62 bits per heavy atom. The zero-order chi connectivity index (χ0) is 18.2. The fraction of sp³-hybridized carbons (Fsp3) is 0.400. The van der Waals surface area contributed by atoms with Gasteiger partial charge in [-0.1, -0.05) is 18.2 Å². The number of nitrogens with one attached hydrogen (secondary N) is 2. The van der Waals surface area contributed by atoms with Crippen molar-refractivity contribution in [2.75, 3.05) is 20.8 Å². The van der Waals surface area contributed by atoms with Crippen molar-refractivity contribution in [2.24, 2.45) is 10.9 Å². The van der Waals surface area contributed by atoms with Gasteiger partial charge in [0.15, 0.2) is 5.96 Å². The first-order chi connectivity index (χ1) is 12.8. The molecule has 1 fully saturated rings. The van der Waals surface area contributed by atoms with Crippen molar-refractivity contribution < 1.29 is 9.47 Å². The van der Waals surface area contributed by atoms with Crippen LogP contribution in [0.4, 0.5) is 0 Å². The molecule has 138 valence electrons. The molecule has 6 nitrogen and oxygen atoms in total. The molecule has 2 aromatic rings. The van der Waals surface area contributed by atoms with Gasteiger partial charge in [0, 0.05) is 32.4 Å². The molecule has 0 saturated heterocycles. The zero-order valence-corrected chi connectivity index (χ0v) is 15.4. The van der Waals surface area contributed by atoms with Crippen molar-refractivity contribution in [1.29, 1.82) is 0 Å². The predicted octanol–water partition coefficient (Wildman–Crippen LogP) is 2.74. The second-order valence-corrected chi connectivity index (χ2v) is 6.39. The Balaban J connectivity index is 1.44. The molecule has 2 N–H and O–H groups in total. The van der Waals surface area contributed by atoms with E-state index in [9.17, 15) is 0 Å². The van der Waals surface area contributed by atoms with E-state index in [1.165, 1.54) is 12.8 Å². The summed E-state index contributed by atoms with van der Waals surface area (Å²) in [5, 5.41) is 6.59. The highest BCUT2D eigenvalue weighted by molar-refractivity contribution is 5.79. The lowest BCUT2D eigenvalue weighted by atomic mass is 10.2. The smallest absolute Gasteiger partial charge is 0.213 e. The van der Waals surface area contributed by atoms with Gasteiger partial charge in [-0.3, -0.25) is 4.99 Å². The molecule has 1 aromatic carbocycles. The number of hydrogen-bond donors (Lipinski definition) is 2. The number of ether oxygens (including phenoxy) is 2. The minimum absolute atomic E-state index is 0.647. The molecule has 26 heavy (non-hydrogen) atoms. The second kappa shape index (κ2) is 9.08. The summed E-state index contributed by atoms with van der Waals surface area (Å²) < 4.78 is 10.9. The van der Waals surface area contributed by atoms with Gasteiger partial charge in [0.25, 0.3) is 0 Å². The fourth-order valence-corrected chi connectivity index (χ4v) is 2.46. The molecule has 0 bridgehead atoms. The number of aliphatic imine (C=N–C) groups is 1. The van der Waals surface area contributed by atoms with E-state index in [1.807, 2.05) is 42.6 Å². The number of benzene rings is 1. The molecule has 6 heteroatoms. The molecule has 1 aliphatic carbocycles. The van der Waals surface area contributed by atoms with Gasteiger partial charge in [0.05, 0.1) is 13.7 Å². The van der Waals surface area contributed by atoms with E-state index in [1.54, 1.807) is 14.2 Å². The van der Waals surface area contributed by atoms with Crippen LogP contribution in [0, 0.1) is 5.92 Å². The second-order valence-electron chi connectivity index (χ2n) is 6.39. The number of aromatic nitrogens is 1. The van der Waals surface area contributed by atoms with Crippen LogP contribution in [0.5, 0.6) is 11.6 Å². The van der Waals surface area contributed by atoms with Crippen LogP contribution in [-0.4, -0.2) is 31.7 Å². The molecular weight excluding hydrogens is 328 g/mol. The highest BCUT2D eigenvalue weighted by Crippen LogP contribution is 2.29. The van der Waals surface area contributed by atoms with Crippen molar-refractivity contribution in [1.82, 2.24) is 15.6 Å². The molecule has 3 rings (SSSR count). The van der Waals surface area contributed by atoms with E-state index < -0.39 is 0 Å². The summed E-state index contributed by atoms with van der Waals surface area (Å²) in [5.41, 5.74) is 2.21. The number of nitrogens with zero attached hydrogens (tertiary/aromatic N) is 2. The van der Waals surface area contributed by atoms with Crippen molar-refractivity contribution >= 4 is 5.96 Å². The lowest BCUT2D eigenvalue weighted by Gasteiger charge is -2.12. The van der Waals surface area contributed by atoms with Crippen molar-refractivity contribution in [3.8, 4) is 11.6 Å². The van der Waals surface area contributed by atoms with Gasteiger partial charge >= 0.3 is 0 Å². The maximum atomic E-state index is 5.66. The fourth-order valence-electron chi connectivity index (χ4n) is 2.46. The summed E-state index contributed by atoms with van der Waals surface area (Å²) in [7, 11) is 3.43. The van der Waals surface area contributed by atoms with Crippen LogP contribution in [-0.2, 0) is 13.1 Å². The Hall–Kier alpha value is -2.76. The van der Waals surface area contributed by atoms with Crippen molar-refractivity contribution in [3.05, 3.63) is 53.7 Å². The summed E-state index contributed by atoms with van der Waals surface area (Å²) in [6.45, 7) is 2.10. The molecule has 1 aliphatic rings. The van der Waals surface area contributed by atoms with Crippen molar-refractivity contribution in [2.45, 2.75) is 25.9 Å². The molecule has 1 aromatic heterocycles. The average molecular weight is 354 g/mol. The summed E-state index contributed by atoms with van der Waals surface area (Å²) >= 11 is 0. The maximum absolute atomic E-state index is 5.66. The van der Waals surface area contributed by atoms with Crippen LogP contribution >= 0.6 is 0 Å². The van der Waals surface area contributed by atoms with E-state index in [0.29, 0.717) is 19.0 Å². The minimum atomic E-state index is 0.647. The quantitative estimate of drug-likeness (QED) is 0.564. The zero-order valence-electron chi connectivity index (χ0n) is 15.4. The van der Waals surface area contributed by atoms with Gasteiger partial charge < -0.3 is 20.1 Å². The van der Waals surface area contributed by atoms with Crippen LogP contribution in [0.1, 0.15) is 24.0 Å². The summed E-state index contributed by atoms with van der Waals surface area (Å²) in [6.07, 6.45) is 4.40.